The lowest BCUT2D eigenvalue weighted by molar-refractivity contribution is 0.195. The molecule has 0 aromatic heterocycles. The van der Waals surface area contributed by atoms with Crippen LogP contribution in [0.25, 0.3) is 0 Å². The van der Waals surface area contributed by atoms with Gasteiger partial charge in [-0.3, -0.25) is 0 Å². The molecule has 5 nitrogen and oxygen atoms in total. The molecule has 0 heterocycles. The van der Waals surface area contributed by atoms with E-state index in [1.807, 2.05) is 6.92 Å². The first-order valence-corrected chi connectivity index (χ1v) is 6.66. The Hall–Kier alpha value is -1.09. The van der Waals surface area contributed by atoms with Gasteiger partial charge in [0.05, 0.1) is 6.54 Å². The molecule has 0 unspecified atom stereocenters. The van der Waals surface area contributed by atoms with E-state index in [1.165, 1.54) is 12.1 Å². The van der Waals surface area contributed by atoms with Crippen molar-refractivity contribution in [2.75, 3.05) is 26.8 Å². The van der Waals surface area contributed by atoms with Crippen LogP contribution in [-0.4, -0.2) is 37.9 Å². The van der Waals surface area contributed by atoms with Gasteiger partial charge in [0.2, 0.25) is 0 Å². The van der Waals surface area contributed by atoms with Gasteiger partial charge in [-0.1, -0.05) is 6.07 Å². The number of phenolic OH excluding ortho intramolecular Hbond substituents is 1. The highest BCUT2D eigenvalue weighted by molar-refractivity contribution is 14.0. The summed E-state index contributed by atoms with van der Waals surface area (Å²) in [5, 5.41) is 15.4. The largest absolute Gasteiger partial charge is 0.505 e. The van der Waals surface area contributed by atoms with E-state index < -0.39 is 5.82 Å². The second-order valence-corrected chi connectivity index (χ2v) is 4.25. The van der Waals surface area contributed by atoms with Crippen molar-refractivity contribution >= 4 is 29.9 Å². The maximum Gasteiger partial charge on any atom is 0.191 e. The molecule has 0 aliphatic heterocycles. The quantitative estimate of drug-likeness (QED) is 0.279. The molecule has 1 aromatic rings. The normalized spacial score (nSPS) is 10.9. The number of methoxy groups -OCH3 is 1. The van der Waals surface area contributed by atoms with Gasteiger partial charge in [-0.15, -0.1) is 24.0 Å². The monoisotopic (exact) mass is 411 g/mol. The minimum atomic E-state index is -0.629. The first kappa shape index (κ1) is 19.9. The second kappa shape index (κ2) is 11.6. The molecule has 0 aliphatic carbocycles. The van der Waals surface area contributed by atoms with E-state index in [0.29, 0.717) is 24.7 Å². The molecule has 3 N–H and O–H groups in total. The minimum absolute atomic E-state index is 0. The van der Waals surface area contributed by atoms with Gasteiger partial charge >= 0.3 is 0 Å². The summed E-state index contributed by atoms with van der Waals surface area (Å²) in [5.41, 5.74) is 0.703. The fraction of sp³-hybridized carbons (Fsp3) is 0.500. The Labute approximate surface area is 142 Å². The first-order chi connectivity index (χ1) is 9.67. The molecule has 7 heteroatoms. The van der Waals surface area contributed by atoms with Crippen molar-refractivity contribution in [3.63, 3.8) is 0 Å². The van der Waals surface area contributed by atoms with Crippen LogP contribution in [0.3, 0.4) is 0 Å². The van der Waals surface area contributed by atoms with Gasteiger partial charge in [0.15, 0.2) is 17.5 Å². The lowest BCUT2D eigenvalue weighted by Gasteiger charge is -2.11. The van der Waals surface area contributed by atoms with Gasteiger partial charge in [0.1, 0.15) is 0 Å². The Morgan fingerprint density at radius 2 is 2.14 bits per heavy atom. The van der Waals surface area contributed by atoms with E-state index in [9.17, 15) is 4.39 Å². The molecule has 0 fully saturated rings. The topological polar surface area (TPSA) is 65.9 Å². The molecule has 0 bridgehead atoms. The maximum absolute atomic E-state index is 13.2. The summed E-state index contributed by atoms with van der Waals surface area (Å²) in [6.07, 6.45) is 0.884. The predicted molar refractivity (Wildman–Crippen MR) is 92.8 cm³/mol. The summed E-state index contributed by atoms with van der Waals surface area (Å²) in [6.45, 7) is 4.52. The number of nitrogens with one attached hydrogen (secondary N) is 2. The average molecular weight is 411 g/mol. The van der Waals surface area contributed by atoms with Crippen molar-refractivity contribution in [3.05, 3.63) is 29.6 Å². The molecule has 1 rings (SSSR count). The smallest absolute Gasteiger partial charge is 0.191 e. The number of nitrogens with zero attached hydrogens (tertiary/aromatic N) is 1. The molecular formula is C14H23FIN3O2. The second-order valence-electron chi connectivity index (χ2n) is 4.25. The van der Waals surface area contributed by atoms with E-state index in [2.05, 4.69) is 15.6 Å². The number of phenols is 1. The molecule has 0 aliphatic rings. The summed E-state index contributed by atoms with van der Waals surface area (Å²) in [7, 11) is 1.67. The van der Waals surface area contributed by atoms with Crippen LogP contribution in [0.15, 0.2) is 23.2 Å². The third kappa shape index (κ3) is 8.05. The SMILES string of the molecule is CCNC(=NCc1ccc(O)c(F)c1)NCCCOC.I. The van der Waals surface area contributed by atoms with Crippen molar-refractivity contribution in [1.29, 1.82) is 0 Å². The highest BCUT2D eigenvalue weighted by Crippen LogP contribution is 2.16. The molecule has 0 spiro atoms. The molecule has 0 amide bonds. The average Bonchev–Trinajstić information content (AvgIpc) is 2.44. The molecule has 1 aromatic carbocycles. The Morgan fingerprint density at radius 3 is 2.76 bits per heavy atom. The summed E-state index contributed by atoms with van der Waals surface area (Å²) in [4.78, 5) is 4.36. The molecule has 0 saturated carbocycles. The zero-order valence-corrected chi connectivity index (χ0v) is 14.7. The first-order valence-electron chi connectivity index (χ1n) is 6.66. The lowest BCUT2D eigenvalue weighted by atomic mass is 10.2. The Kier molecular flexibility index (Phi) is 11.0. The molecule has 0 radical (unpaired) electrons. The van der Waals surface area contributed by atoms with Crippen molar-refractivity contribution in [2.24, 2.45) is 4.99 Å². The highest BCUT2D eigenvalue weighted by atomic mass is 127. The van der Waals surface area contributed by atoms with Gasteiger partial charge in [-0.2, -0.15) is 0 Å². The van der Waals surface area contributed by atoms with E-state index in [-0.39, 0.29) is 29.7 Å². The van der Waals surface area contributed by atoms with Gasteiger partial charge < -0.3 is 20.5 Å². The van der Waals surface area contributed by atoms with Crippen LogP contribution in [0.2, 0.25) is 0 Å². The fourth-order valence-corrected chi connectivity index (χ4v) is 1.58. The standard InChI is InChI=1S/C14H22FN3O2.HI/c1-3-16-14(17-7-4-8-20-2)18-10-11-5-6-13(19)12(15)9-11;/h5-6,9,19H,3-4,7-8,10H2,1-2H3,(H2,16,17,18);1H. The molecular weight excluding hydrogens is 388 g/mol. The van der Waals surface area contributed by atoms with E-state index in [4.69, 9.17) is 9.84 Å². The summed E-state index contributed by atoms with van der Waals surface area (Å²) < 4.78 is 18.2. The van der Waals surface area contributed by atoms with Crippen LogP contribution < -0.4 is 10.6 Å². The number of ether oxygens (including phenoxy) is 1. The Morgan fingerprint density at radius 1 is 1.38 bits per heavy atom. The van der Waals surface area contributed by atoms with Crippen LogP contribution in [0.1, 0.15) is 18.9 Å². The number of aromatic hydroxyl groups is 1. The lowest BCUT2D eigenvalue weighted by Crippen LogP contribution is -2.38. The summed E-state index contributed by atoms with van der Waals surface area (Å²) in [5.74, 6) is -0.296. The molecule has 0 saturated heterocycles. The molecule has 21 heavy (non-hydrogen) atoms. The number of rotatable bonds is 7. The van der Waals surface area contributed by atoms with Gasteiger partial charge in [-0.25, -0.2) is 9.38 Å². The number of hydrogen-bond donors (Lipinski definition) is 3. The number of aliphatic imine (C=N–C) groups is 1. The zero-order valence-electron chi connectivity index (χ0n) is 12.4. The van der Waals surface area contributed by atoms with Crippen LogP contribution in [0, 0.1) is 5.82 Å². The Bertz CT molecular complexity index is 444. The van der Waals surface area contributed by atoms with Gasteiger partial charge in [0, 0.05) is 26.8 Å². The van der Waals surface area contributed by atoms with Crippen molar-refractivity contribution in [2.45, 2.75) is 19.9 Å². The van der Waals surface area contributed by atoms with Crippen LogP contribution in [-0.2, 0) is 11.3 Å². The zero-order chi connectivity index (χ0) is 14.8. The number of hydrogen-bond acceptors (Lipinski definition) is 3. The van der Waals surface area contributed by atoms with Crippen molar-refractivity contribution in [1.82, 2.24) is 10.6 Å². The predicted octanol–water partition coefficient (Wildman–Crippen LogP) is 2.24. The fourth-order valence-electron chi connectivity index (χ4n) is 1.58. The third-order valence-electron chi connectivity index (χ3n) is 2.59. The van der Waals surface area contributed by atoms with Gasteiger partial charge in [-0.05, 0) is 31.0 Å². The van der Waals surface area contributed by atoms with E-state index in [0.717, 1.165) is 19.5 Å². The highest BCUT2D eigenvalue weighted by Gasteiger charge is 2.02. The summed E-state index contributed by atoms with van der Waals surface area (Å²) >= 11 is 0. The maximum atomic E-state index is 13.2. The van der Waals surface area contributed by atoms with E-state index >= 15 is 0 Å². The number of halogens is 2. The molecule has 0 atom stereocenters. The van der Waals surface area contributed by atoms with Crippen molar-refractivity contribution in [3.8, 4) is 5.75 Å². The molecule has 120 valence electrons. The van der Waals surface area contributed by atoms with Gasteiger partial charge in [0.25, 0.3) is 0 Å². The minimum Gasteiger partial charge on any atom is -0.505 e. The van der Waals surface area contributed by atoms with Crippen LogP contribution >= 0.6 is 24.0 Å². The van der Waals surface area contributed by atoms with Crippen LogP contribution in [0.5, 0.6) is 5.75 Å². The third-order valence-corrected chi connectivity index (χ3v) is 2.59. The summed E-state index contributed by atoms with van der Waals surface area (Å²) in [6, 6.07) is 4.27. The van der Waals surface area contributed by atoms with Crippen molar-refractivity contribution < 1.29 is 14.2 Å². The van der Waals surface area contributed by atoms with Crippen LogP contribution in [0.4, 0.5) is 4.39 Å². The van der Waals surface area contributed by atoms with E-state index in [1.54, 1.807) is 13.2 Å². The Balaban J connectivity index is 0.00000400. The number of benzene rings is 1. The number of guanidine groups is 1.